The van der Waals surface area contributed by atoms with Crippen LogP contribution in [0.1, 0.15) is 50.8 Å². The number of allylic oxidation sites excluding steroid dienone is 1. The number of carboxylic acids is 1. The van der Waals surface area contributed by atoms with Gasteiger partial charge in [0, 0.05) is 0 Å². The van der Waals surface area contributed by atoms with Crippen LogP contribution in [0.15, 0.2) is 42.0 Å². The number of carboxylic acid groups (broad SMARTS) is 1. The molecule has 152 valence electrons. The van der Waals surface area contributed by atoms with Gasteiger partial charge in [0.15, 0.2) is 0 Å². The van der Waals surface area contributed by atoms with Crippen molar-refractivity contribution in [2.45, 2.75) is 46.0 Å². The van der Waals surface area contributed by atoms with Crippen molar-refractivity contribution < 1.29 is 23.8 Å². The summed E-state index contributed by atoms with van der Waals surface area (Å²) >= 11 is 0. The van der Waals surface area contributed by atoms with Crippen LogP contribution in [0.2, 0.25) is 0 Å². The summed E-state index contributed by atoms with van der Waals surface area (Å²) in [5.74, 6) is -1.93. The number of carbonyl (C=O) groups is 2. The Morgan fingerprint density at radius 3 is 2.41 bits per heavy atom. The monoisotopic (exact) mass is 396 g/mol. The number of hydrogen-bond donors (Lipinski definition) is 1. The first-order valence-corrected chi connectivity index (χ1v) is 9.66. The molecular weight excluding hydrogens is 371 g/mol. The average Bonchev–Trinajstić information content (AvgIpc) is 2.62. The van der Waals surface area contributed by atoms with Crippen LogP contribution in [-0.4, -0.2) is 23.7 Å². The van der Waals surface area contributed by atoms with Crippen LogP contribution in [0.25, 0.3) is 16.7 Å². The summed E-state index contributed by atoms with van der Waals surface area (Å²) < 4.78 is 19.6. The second-order valence-electron chi connectivity index (χ2n) is 8.07. The zero-order valence-corrected chi connectivity index (χ0v) is 17.1. The Bertz CT molecular complexity index is 1020. The third-order valence-corrected chi connectivity index (χ3v) is 5.36. The minimum Gasteiger partial charge on any atom is -0.481 e. The van der Waals surface area contributed by atoms with E-state index in [9.17, 15) is 14.0 Å². The molecule has 0 amide bonds. The Morgan fingerprint density at radius 1 is 1.14 bits per heavy atom. The largest absolute Gasteiger partial charge is 0.481 e. The van der Waals surface area contributed by atoms with Gasteiger partial charge >= 0.3 is 11.9 Å². The summed E-state index contributed by atoms with van der Waals surface area (Å²) in [4.78, 5) is 23.4. The van der Waals surface area contributed by atoms with E-state index in [1.165, 1.54) is 12.1 Å². The molecule has 1 aliphatic carbocycles. The predicted octanol–water partition coefficient (Wildman–Crippen LogP) is 5.14. The number of ether oxygens (including phenoxy) is 1. The fourth-order valence-electron chi connectivity index (χ4n) is 4.10. The average molecular weight is 396 g/mol. The van der Waals surface area contributed by atoms with Crippen LogP contribution in [0.3, 0.4) is 0 Å². The van der Waals surface area contributed by atoms with E-state index >= 15 is 0 Å². The number of aliphatic carboxylic acids is 1. The van der Waals surface area contributed by atoms with Gasteiger partial charge in [-0.25, -0.2) is 9.18 Å². The number of fused-ring (bicyclic) bond motifs is 1. The van der Waals surface area contributed by atoms with Crippen LogP contribution >= 0.6 is 0 Å². The first-order chi connectivity index (χ1) is 13.6. The summed E-state index contributed by atoms with van der Waals surface area (Å²) in [5, 5.41) is 8.89. The van der Waals surface area contributed by atoms with Crippen LogP contribution in [-0.2, 0) is 26.2 Å². The summed E-state index contributed by atoms with van der Waals surface area (Å²) in [6.45, 7) is 8.30. The smallest absolute Gasteiger partial charge is 0.338 e. The minimum atomic E-state index is -1.07. The zero-order chi connectivity index (χ0) is 21.3. The first-order valence-electron chi connectivity index (χ1n) is 9.66. The summed E-state index contributed by atoms with van der Waals surface area (Å²) in [6.07, 6.45) is 0.375. The van der Waals surface area contributed by atoms with Gasteiger partial charge in [-0.3, -0.25) is 4.79 Å². The van der Waals surface area contributed by atoms with E-state index in [0.29, 0.717) is 17.7 Å². The Kier molecular flexibility index (Phi) is 5.60. The van der Waals surface area contributed by atoms with Gasteiger partial charge in [0.05, 0.1) is 18.6 Å². The van der Waals surface area contributed by atoms with Crippen molar-refractivity contribution in [2.75, 3.05) is 6.61 Å². The number of esters is 1. The molecule has 0 bridgehead atoms. The summed E-state index contributed by atoms with van der Waals surface area (Å²) in [7, 11) is 0. The minimum absolute atomic E-state index is 0.155. The van der Waals surface area contributed by atoms with Gasteiger partial charge in [0.25, 0.3) is 0 Å². The lowest BCUT2D eigenvalue weighted by Crippen LogP contribution is -2.26. The van der Waals surface area contributed by atoms with Crippen molar-refractivity contribution in [3.05, 3.63) is 64.5 Å². The lowest BCUT2D eigenvalue weighted by atomic mass is 9.70. The Balaban J connectivity index is 2.08. The first kappa shape index (κ1) is 20.8. The van der Waals surface area contributed by atoms with E-state index < -0.39 is 11.8 Å². The molecule has 0 heterocycles. The SMILES string of the molecule is CCOC(=O)C1=C(C)CC(C)(C)c2cc(-c3ccc(CC(=O)O)c(F)c3)ccc21. The van der Waals surface area contributed by atoms with Gasteiger partial charge in [0.2, 0.25) is 0 Å². The molecule has 1 aliphatic rings. The number of carbonyl (C=O) groups excluding carboxylic acids is 1. The standard InChI is InChI=1S/C24H25FO4/c1-5-29-23(28)22-14(2)13-24(3,4)19-10-15(8-9-18(19)22)16-6-7-17(12-21(26)27)20(25)11-16/h6-11H,5,12-13H2,1-4H3,(H,26,27). The Hall–Kier alpha value is -2.95. The second kappa shape index (κ2) is 7.82. The molecule has 0 aliphatic heterocycles. The fourth-order valence-corrected chi connectivity index (χ4v) is 4.10. The second-order valence-corrected chi connectivity index (χ2v) is 8.07. The fraction of sp³-hybridized carbons (Fsp3) is 0.333. The summed E-state index contributed by atoms with van der Waals surface area (Å²) in [6, 6.07) is 10.3. The molecule has 3 rings (SSSR count). The maximum atomic E-state index is 14.4. The molecule has 2 aromatic carbocycles. The molecule has 0 spiro atoms. The predicted molar refractivity (Wildman–Crippen MR) is 110 cm³/mol. The van der Waals surface area contributed by atoms with E-state index in [4.69, 9.17) is 9.84 Å². The molecule has 0 radical (unpaired) electrons. The van der Waals surface area contributed by atoms with E-state index in [0.717, 1.165) is 28.7 Å². The van der Waals surface area contributed by atoms with Crippen LogP contribution in [0.4, 0.5) is 4.39 Å². The van der Waals surface area contributed by atoms with Gasteiger partial charge in [0.1, 0.15) is 5.82 Å². The van der Waals surface area contributed by atoms with Crippen molar-refractivity contribution in [2.24, 2.45) is 0 Å². The molecule has 0 saturated heterocycles. The third kappa shape index (κ3) is 4.09. The Labute approximate surface area is 170 Å². The van der Waals surface area contributed by atoms with Crippen molar-refractivity contribution in [3.63, 3.8) is 0 Å². The van der Waals surface area contributed by atoms with E-state index in [1.807, 2.05) is 25.1 Å². The topological polar surface area (TPSA) is 63.6 Å². The van der Waals surface area contributed by atoms with Crippen molar-refractivity contribution in [1.82, 2.24) is 0 Å². The molecule has 1 N–H and O–H groups in total. The van der Waals surface area contributed by atoms with Crippen molar-refractivity contribution in [1.29, 1.82) is 0 Å². The molecule has 2 aromatic rings. The maximum absolute atomic E-state index is 14.4. The molecule has 29 heavy (non-hydrogen) atoms. The quantitative estimate of drug-likeness (QED) is 0.711. The van der Waals surface area contributed by atoms with Gasteiger partial charge in [-0.05, 0) is 65.6 Å². The van der Waals surface area contributed by atoms with Gasteiger partial charge < -0.3 is 9.84 Å². The van der Waals surface area contributed by atoms with E-state index in [1.54, 1.807) is 13.0 Å². The molecule has 0 aromatic heterocycles. The van der Waals surface area contributed by atoms with E-state index in [-0.39, 0.29) is 23.4 Å². The molecule has 0 saturated carbocycles. The van der Waals surface area contributed by atoms with Gasteiger partial charge in [-0.2, -0.15) is 0 Å². The van der Waals surface area contributed by atoms with E-state index in [2.05, 4.69) is 13.8 Å². The van der Waals surface area contributed by atoms with Gasteiger partial charge in [-0.1, -0.05) is 43.7 Å². The van der Waals surface area contributed by atoms with Crippen molar-refractivity contribution in [3.8, 4) is 11.1 Å². The molecule has 0 unspecified atom stereocenters. The highest BCUT2D eigenvalue weighted by Gasteiger charge is 2.34. The van der Waals surface area contributed by atoms with Crippen LogP contribution in [0, 0.1) is 5.82 Å². The number of rotatable bonds is 5. The molecule has 0 fully saturated rings. The van der Waals surface area contributed by atoms with Crippen LogP contribution in [0.5, 0.6) is 0 Å². The lowest BCUT2D eigenvalue weighted by molar-refractivity contribution is -0.137. The van der Waals surface area contributed by atoms with Gasteiger partial charge in [-0.15, -0.1) is 0 Å². The third-order valence-electron chi connectivity index (χ3n) is 5.36. The molecule has 5 heteroatoms. The van der Waals surface area contributed by atoms with Crippen LogP contribution < -0.4 is 0 Å². The normalized spacial score (nSPS) is 15.1. The zero-order valence-electron chi connectivity index (χ0n) is 17.1. The lowest BCUT2D eigenvalue weighted by Gasteiger charge is -2.34. The number of halogens is 1. The number of benzene rings is 2. The highest BCUT2D eigenvalue weighted by molar-refractivity contribution is 6.18. The molecule has 0 atom stereocenters. The molecule has 4 nitrogen and oxygen atoms in total. The number of hydrogen-bond acceptors (Lipinski definition) is 3. The highest BCUT2D eigenvalue weighted by Crippen LogP contribution is 2.44. The Morgan fingerprint density at radius 2 is 1.79 bits per heavy atom. The van der Waals surface area contributed by atoms with Crippen molar-refractivity contribution >= 4 is 17.5 Å². The molecular formula is C24H25FO4. The highest BCUT2D eigenvalue weighted by atomic mass is 19.1. The summed E-state index contributed by atoms with van der Waals surface area (Å²) in [5.41, 5.74) is 4.92. The maximum Gasteiger partial charge on any atom is 0.338 e.